The SMILES string of the molecule is CC(CNC(=O)CC(N)c1ccccc1)Oc1cccc(Cl)c1.Cl. The topological polar surface area (TPSA) is 64.4 Å². The lowest BCUT2D eigenvalue weighted by Crippen LogP contribution is -2.35. The van der Waals surface area contributed by atoms with Gasteiger partial charge >= 0.3 is 0 Å². The Hall–Kier alpha value is -1.75. The Labute approximate surface area is 153 Å². The van der Waals surface area contributed by atoms with E-state index in [4.69, 9.17) is 22.1 Å². The molecule has 6 heteroatoms. The van der Waals surface area contributed by atoms with Crippen molar-refractivity contribution in [2.75, 3.05) is 6.54 Å². The summed E-state index contributed by atoms with van der Waals surface area (Å²) in [4.78, 5) is 12.0. The quantitative estimate of drug-likeness (QED) is 0.782. The smallest absolute Gasteiger partial charge is 0.222 e. The monoisotopic (exact) mass is 368 g/mol. The molecule has 2 aromatic rings. The molecule has 130 valence electrons. The maximum Gasteiger partial charge on any atom is 0.222 e. The minimum absolute atomic E-state index is 0. The number of nitrogens with two attached hydrogens (primary N) is 1. The Morgan fingerprint density at radius 3 is 2.58 bits per heavy atom. The predicted molar refractivity (Wildman–Crippen MR) is 99.8 cm³/mol. The third-order valence-electron chi connectivity index (χ3n) is 3.35. The summed E-state index contributed by atoms with van der Waals surface area (Å²) >= 11 is 5.91. The number of ether oxygens (including phenoxy) is 1. The van der Waals surface area contributed by atoms with Crippen molar-refractivity contribution in [1.29, 1.82) is 0 Å². The van der Waals surface area contributed by atoms with Crippen LogP contribution in [0.5, 0.6) is 5.75 Å². The van der Waals surface area contributed by atoms with Crippen LogP contribution in [0.2, 0.25) is 5.02 Å². The van der Waals surface area contributed by atoms with Crippen LogP contribution in [0.3, 0.4) is 0 Å². The van der Waals surface area contributed by atoms with E-state index in [1.54, 1.807) is 12.1 Å². The van der Waals surface area contributed by atoms with Gasteiger partial charge in [0.25, 0.3) is 0 Å². The van der Waals surface area contributed by atoms with Crippen molar-refractivity contribution in [3.63, 3.8) is 0 Å². The van der Waals surface area contributed by atoms with Crippen LogP contribution in [0.1, 0.15) is 24.9 Å². The zero-order valence-electron chi connectivity index (χ0n) is 13.4. The first-order chi connectivity index (χ1) is 11.0. The first-order valence-corrected chi connectivity index (χ1v) is 7.92. The van der Waals surface area contributed by atoms with Crippen LogP contribution < -0.4 is 15.8 Å². The van der Waals surface area contributed by atoms with Crippen molar-refractivity contribution in [2.45, 2.75) is 25.5 Å². The molecular formula is C18H22Cl2N2O2. The second-order valence-electron chi connectivity index (χ2n) is 5.41. The summed E-state index contributed by atoms with van der Waals surface area (Å²) in [7, 11) is 0. The Morgan fingerprint density at radius 1 is 1.21 bits per heavy atom. The number of halogens is 2. The molecule has 24 heavy (non-hydrogen) atoms. The number of carbonyl (C=O) groups excluding carboxylic acids is 1. The normalized spacial score (nSPS) is 12.6. The maximum atomic E-state index is 12.0. The number of amides is 1. The highest BCUT2D eigenvalue weighted by atomic mass is 35.5. The van der Waals surface area contributed by atoms with E-state index in [1.807, 2.05) is 49.4 Å². The van der Waals surface area contributed by atoms with Crippen molar-refractivity contribution < 1.29 is 9.53 Å². The molecule has 0 radical (unpaired) electrons. The van der Waals surface area contributed by atoms with Gasteiger partial charge in [0.15, 0.2) is 0 Å². The Balaban J connectivity index is 0.00000288. The molecule has 0 aliphatic heterocycles. The van der Waals surface area contributed by atoms with Crippen molar-refractivity contribution in [3.8, 4) is 5.75 Å². The summed E-state index contributed by atoms with van der Waals surface area (Å²) < 4.78 is 5.70. The molecule has 0 aromatic heterocycles. The van der Waals surface area contributed by atoms with Gasteiger partial charge in [-0.1, -0.05) is 48.0 Å². The van der Waals surface area contributed by atoms with Gasteiger partial charge in [0.05, 0.1) is 6.54 Å². The summed E-state index contributed by atoms with van der Waals surface area (Å²) in [5.74, 6) is 0.586. The Morgan fingerprint density at radius 2 is 1.92 bits per heavy atom. The lowest BCUT2D eigenvalue weighted by Gasteiger charge is -2.17. The minimum atomic E-state index is -0.305. The zero-order chi connectivity index (χ0) is 16.7. The molecular weight excluding hydrogens is 347 g/mol. The first-order valence-electron chi connectivity index (χ1n) is 7.54. The molecule has 0 aliphatic rings. The summed E-state index contributed by atoms with van der Waals surface area (Å²) in [6.07, 6.45) is 0.0822. The van der Waals surface area contributed by atoms with Gasteiger partial charge in [-0.3, -0.25) is 4.79 Å². The summed E-state index contributed by atoms with van der Waals surface area (Å²) in [5.41, 5.74) is 6.99. The van der Waals surface area contributed by atoms with Gasteiger partial charge in [-0.05, 0) is 30.7 Å². The fourth-order valence-corrected chi connectivity index (χ4v) is 2.34. The molecule has 2 atom stereocenters. The van der Waals surface area contributed by atoms with Crippen LogP contribution in [0.25, 0.3) is 0 Å². The molecule has 1 amide bonds. The highest BCUT2D eigenvalue weighted by Gasteiger charge is 2.12. The van der Waals surface area contributed by atoms with Crippen LogP contribution in [-0.4, -0.2) is 18.6 Å². The molecule has 0 aliphatic carbocycles. The van der Waals surface area contributed by atoms with E-state index >= 15 is 0 Å². The molecule has 0 heterocycles. The van der Waals surface area contributed by atoms with Gasteiger partial charge in [0.2, 0.25) is 5.91 Å². The molecule has 2 rings (SSSR count). The van der Waals surface area contributed by atoms with Crippen LogP contribution in [0, 0.1) is 0 Å². The van der Waals surface area contributed by atoms with Crippen molar-refractivity contribution in [3.05, 3.63) is 65.2 Å². The number of benzene rings is 2. The lowest BCUT2D eigenvalue weighted by atomic mass is 10.0. The third kappa shape index (κ3) is 6.79. The van der Waals surface area contributed by atoms with Gasteiger partial charge in [-0.2, -0.15) is 0 Å². The number of hydrogen-bond donors (Lipinski definition) is 2. The minimum Gasteiger partial charge on any atom is -0.489 e. The number of carbonyl (C=O) groups is 1. The fourth-order valence-electron chi connectivity index (χ4n) is 2.16. The van der Waals surface area contributed by atoms with Crippen LogP contribution in [0.4, 0.5) is 0 Å². The van der Waals surface area contributed by atoms with Crippen LogP contribution in [0.15, 0.2) is 54.6 Å². The Kier molecular flexibility index (Phi) is 8.61. The number of hydrogen-bond acceptors (Lipinski definition) is 3. The molecule has 0 fully saturated rings. The van der Waals surface area contributed by atoms with E-state index in [2.05, 4.69) is 5.32 Å². The second kappa shape index (κ2) is 10.2. The van der Waals surface area contributed by atoms with Crippen molar-refractivity contribution >= 4 is 29.9 Å². The molecule has 2 unspecified atom stereocenters. The van der Waals surface area contributed by atoms with Crippen molar-refractivity contribution in [2.24, 2.45) is 5.73 Å². The van der Waals surface area contributed by atoms with E-state index in [9.17, 15) is 4.79 Å². The average Bonchev–Trinajstić information content (AvgIpc) is 2.54. The molecule has 2 aromatic carbocycles. The molecule has 0 spiro atoms. The largest absolute Gasteiger partial charge is 0.489 e. The van der Waals surface area contributed by atoms with Crippen LogP contribution in [-0.2, 0) is 4.79 Å². The molecule has 0 saturated heterocycles. The van der Waals surface area contributed by atoms with Gasteiger partial charge in [0.1, 0.15) is 11.9 Å². The average molecular weight is 369 g/mol. The highest BCUT2D eigenvalue weighted by Crippen LogP contribution is 2.18. The second-order valence-corrected chi connectivity index (χ2v) is 5.85. The standard InChI is InChI=1S/C18H21ClN2O2.ClH/c1-13(23-16-9-5-8-15(19)10-16)12-21-18(22)11-17(20)14-6-3-2-4-7-14;/h2-10,13,17H,11-12,20H2,1H3,(H,21,22);1H. The van der Waals surface area contributed by atoms with Gasteiger partial charge in [-0.15, -0.1) is 12.4 Å². The van der Waals surface area contributed by atoms with Gasteiger partial charge in [-0.25, -0.2) is 0 Å². The van der Waals surface area contributed by atoms with E-state index in [-0.39, 0.29) is 36.9 Å². The maximum absolute atomic E-state index is 12.0. The fraction of sp³-hybridized carbons (Fsp3) is 0.278. The summed E-state index contributed by atoms with van der Waals surface area (Å²) in [6.45, 7) is 2.30. The molecule has 0 saturated carbocycles. The lowest BCUT2D eigenvalue weighted by molar-refractivity contribution is -0.121. The summed E-state index contributed by atoms with van der Waals surface area (Å²) in [5, 5.41) is 3.46. The molecule has 3 N–H and O–H groups in total. The van der Waals surface area contributed by atoms with Gasteiger partial charge < -0.3 is 15.8 Å². The third-order valence-corrected chi connectivity index (χ3v) is 3.59. The van der Waals surface area contributed by atoms with Crippen LogP contribution >= 0.6 is 24.0 Å². The summed E-state index contributed by atoms with van der Waals surface area (Å²) in [6, 6.07) is 16.5. The predicted octanol–water partition coefficient (Wildman–Crippen LogP) is 3.74. The van der Waals surface area contributed by atoms with E-state index in [0.29, 0.717) is 17.3 Å². The number of rotatable bonds is 7. The first kappa shape index (κ1) is 20.3. The Bertz CT molecular complexity index is 638. The van der Waals surface area contributed by atoms with E-state index < -0.39 is 0 Å². The van der Waals surface area contributed by atoms with E-state index in [1.165, 1.54) is 0 Å². The zero-order valence-corrected chi connectivity index (χ0v) is 15.0. The molecule has 0 bridgehead atoms. The van der Waals surface area contributed by atoms with Crippen molar-refractivity contribution in [1.82, 2.24) is 5.32 Å². The van der Waals surface area contributed by atoms with E-state index in [0.717, 1.165) is 5.56 Å². The molecule has 4 nitrogen and oxygen atoms in total. The number of nitrogens with one attached hydrogen (secondary N) is 1. The van der Waals surface area contributed by atoms with Gasteiger partial charge in [0, 0.05) is 17.5 Å². The highest BCUT2D eigenvalue weighted by molar-refractivity contribution is 6.30.